The largest absolute Gasteiger partial charge is 0.481 e. The topological polar surface area (TPSA) is 88.3 Å². The monoisotopic (exact) mass is 402 g/mol. The number of carboxylic acid groups (broad SMARTS) is 1. The Morgan fingerprint density at radius 2 is 2.07 bits per heavy atom. The van der Waals surface area contributed by atoms with Crippen LogP contribution in [0.4, 0.5) is 0 Å². The average molecular weight is 403 g/mol. The molecule has 150 valence electrons. The van der Waals surface area contributed by atoms with Gasteiger partial charge in [-0.15, -0.1) is 11.3 Å². The predicted molar refractivity (Wildman–Crippen MR) is 105 cm³/mol. The summed E-state index contributed by atoms with van der Waals surface area (Å²) in [5.74, 6) is -0.424. The number of thiazole rings is 1. The highest BCUT2D eigenvalue weighted by Crippen LogP contribution is 2.32. The molecule has 0 spiro atoms. The van der Waals surface area contributed by atoms with Gasteiger partial charge in [-0.05, 0) is 50.5 Å². The normalized spacial score (nSPS) is 22.1. The van der Waals surface area contributed by atoms with E-state index in [2.05, 4.69) is 4.98 Å². The molecule has 0 unspecified atom stereocenters. The highest BCUT2D eigenvalue weighted by molar-refractivity contribution is 7.09. The molecule has 1 aliphatic heterocycles. The van der Waals surface area contributed by atoms with Gasteiger partial charge in [0.15, 0.2) is 0 Å². The van der Waals surface area contributed by atoms with Gasteiger partial charge in [-0.1, -0.05) is 0 Å². The summed E-state index contributed by atoms with van der Waals surface area (Å²) in [6.45, 7) is 4.09. The first-order chi connectivity index (χ1) is 13.5. The third-order valence-electron chi connectivity index (χ3n) is 6.14. The molecule has 4 rings (SSSR count). The van der Waals surface area contributed by atoms with Gasteiger partial charge >= 0.3 is 5.97 Å². The second-order valence-electron chi connectivity index (χ2n) is 7.96. The fraction of sp³-hybridized carbons (Fsp3) is 0.600. The number of aromatic nitrogens is 3. The molecule has 2 aliphatic rings. The lowest BCUT2D eigenvalue weighted by Crippen LogP contribution is -2.38. The smallest absolute Gasteiger partial charge is 0.306 e. The number of carbonyl (C=O) groups is 2. The molecule has 8 heteroatoms. The molecule has 0 saturated heterocycles. The number of carbonyl (C=O) groups excluding carboxylic acids is 1. The van der Waals surface area contributed by atoms with E-state index in [1.807, 2.05) is 28.2 Å². The summed E-state index contributed by atoms with van der Waals surface area (Å²) < 4.78 is 2.02. The van der Waals surface area contributed by atoms with Crippen molar-refractivity contribution in [1.29, 1.82) is 0 Å². The fourth-order valence-corrected chi connectivity index (χ4v) is 5.05. The van der Waals surface area contributed by atoms with Crippen LogP contribution in [0.2, 0.25) is 0 Å². The second kappa shape index (κ2) is 8.03. The van der Waals surface area contributed by atoms with Gasteiger partial charge in [-0.25, -0.2) is 0 Å². The lowest BCUT2D eigenvalue weighted by Gasteiger charge is -2.31. The molecule has 0 radical (unpaired) electrons. The van der Waals surface area contributed by atoms with Gasteiger partial charge in [0.05, 0.1) is 35.9 Å². The maximum atomic E-state index is 12.9. The number of aryl methyl sites for hydroxylation is 1. The van der Waals surface area contributed by atoms with Crippen LogP contribution < -0.4 is 0 Å². The summed E-state index contributed by atoms with van der Waals surface area (Å²) in [4.78, 5) is 31.3. The van der Waals surface area contributed by atoms with Crippen LogP contribution in [-0.2, 0) is 29.1 Å². The van der Waals surface area contributed by atoms with E-state index in [4.69, 9.17) is 10.2 Å². The Hall–Kier alpha value is -2.22. The van der Waals surface area contributed by atoms with E-state index < -0.39 is 5.97 Å². The zero-order chi connectivity index (χ0) is 19.7. The van der Waals surface area contributed by atoms with Crippen molar-refractivity contribution in [2.75, 3.05) is 6.54 Å². The first kappa shape index (κ1) is 19.1. The van der Waals surface area contributed by atoms with Gasteiger partial charge in [0.1, 0.15) is 0 Å². The van der Waals surface area contributed by atoms with E-state index in [9.17, 15) is 9.59 Å². The van der Waals surface area contributed by atoms with Gasteiger partial charge in [-0.2, -0.15) is 5.10 Å². The van der Waals surface area contributed by atoms with Gasteiger partial charge in [-0.3, -0.25) is 19.3 Å². The molecule has 1 aliphatic carbocycles. The minimum Gasteiger partial charge on any atom is -0.481 e. The van der Waals surface area contributed by atoms with Crippen molar-refractivity contribution in [1.82, 2.24) is 19.7 Å². The van der Waals surface area contributed by atoms with Gasteiger partial charge in [0.2, 0.25) is 5.91 Å². The number of hydrogen-bond acceptors (Lipinski definition) is 5. The molecule has 0 atom stereocenters. The van der Waals surface area contributed by atoms with Crippen LogP contribution in [0, 0.1) is 18.8 Å². The Labute approximate surface area is 168 Å². The van der Waals surface area contributed by atoms with Crippen LogP contribution in [0.25, 0.3) is 0 Å². The number of aliphatic carboxylic acids is 1. The summed E-state index contributed by atoms with van der Waals surface area (Å²) in [5.41, 5.74) is 5.29. The summed E-state index contributed by atoms with van der Waals surface area (Å²) in [7, 11) is 0. The maximum absolute atomic E-state index is 12.9. The fourth-order valence-electron chi connectivity index (χ4n) is 4.48. The summed E-state index contributed by atoms with van der Waals surface area (Å²) in [6.07, 6.45) is 6.31. The SMILES string of the molecule is Cc1nn(Cc2cncs2)c2c1CCN(C(=O)CC1CCC(C(=O)O)CC1)C2. The van der Waals surface area contributed by atoms with Crippen molar-refractivity contribution < 1.29 is 14.7 Å². The number of amides is 1. The van der Waals surface area contributed by atoms with E-state index in [0.29, 0.717) is 38.3 Å². The standard InChI is InChI=1S/C20H26N4O3S/c1-13-17-6-7-23(11-18(17)24(22-13)10-16-9-21-12-28-16)19(25)8-14-2-4-15(5-3-14)20(26)27/h9,12,14-15H,2-8,10-11H2,1H3,(H,26,27). The third kappa shape index (κ3) is 3.97. The molecule has 3 heterocycles. The van der Waals surface area contributed by atoms with Crippen LogP contribution in [-0.4, -0.2) is 43.2 Å². The molecular formula is C20H26N4O3S. The Morgan fingerprint density at radius 3 is 2.75 bits per heavy atom. The molecule has 2 aromatic heterocycles. The average Bonchev–Trinajstić information content (AvgIpc) is 3.30. The van der Waals surface area contributed by atoms with Crippen molar-refractivity contribution in [3.63, 3.8) is 0 Å². The van der Waals surface area contributed by atoms with Crippen LogP contribution >= 0.6 is 11.3 Å². The highest BCUT2D eigenvalue weighted by Gasteiger charge is 2.30. The number of carboxylic acids is 1. The van der Waals surface area contributed by atoms with Gasteiger partial charge in [0.25, 0.3) is 0 Å². The Balaban J connectivity index is 1.39. The van der Waals surface area contributed by atoms with Crippen molar-refractivity contribution in [3.05, 3.63) is 33.5 Å². The molecule has 1 N–H and O–H groups in total. The number of rotatable bonds is 5. The van der Waals surface area contributed by atoms with E-state index in [0.717, 1.165) is 42.1 Å². The maximum Gasteiger partial charge on any atom is 0.306 e. The first-order valence-corrected chi connectivity index (χ1v) is 10.8. The van der Waals surface area contributed by atoms with Crippen molar-refractivity contribution in [2.45, 2.75) is 58.5 Å². The van der Waals surface area contributed by atoms with Crippen molar-refractivity contribution >= 4 is 23.2 Å². The zero-order valence-corrected chi connectivity index (χ0v) is 17.0. The molecule has 28 heavy (non-hydrogen) atoms. The Bertz CT molecular complexity index is 853. The molecule has 0 bridgehead atoms. The van der Waals surface area contributed by atoms with Crippen LogP contribution in [0.15, 0.2) is 11.7 Å². The van der Waals surface area contributed by atoms with E-state index >= 15 is 0 Å². The first-order valence-electron chi connectivity index (χ1n) is 9.94. The van der Waals surface area contributed by atoms with Crippen molar-refractivity contribution in [3.8, 4) is 0 Å². The summed E-state index contributed by atoms with van der Waals surface area (Å²) in [6, 6.07) is 0. The Kier molecular flexibility index (Phi) is 5.48. The molecule has 2 aromatic rings. The molecular weight excluding hydrogens is 376 g/mol. The van der Waals surface area contributed by atoms with E-state index in [1.54, 1.807) is 11.3 Å². The second-order valence-corrected chi connectivity index (χ2v) is 8.93. The highest BCUT2D eigenvalue weighted by atomic mass is 32.1. The molecule has 1 fully saturated rings. The molecule has 1 saturated carbocycles. The summed E-state index contributed by atoms with van der Waals surface area (Å²) >= 11 is 1.62. The van der Waals surface area contributed by atoms with E-state index in [-0.39, 0.29) is 11.8 Å². The van der Waals surface area contributed by atoms with Crippen molar-refractivity contribution in [2.24, 2.45) is 11.8 Å². The quantitative estimate of drug-likeness (QED) is 0.831. The van der Waals surface area contributed by atoms with Gasteiger partial charge < -0.3 is 10.0 Å². The molecule has 1 amide bonds. The van der Waals surface area contributed by atoms with Gasteiger partial charge in [0, 0.05) is 24.0 Å². The lowest BCUT2D eigenvalue weighted by atomic mass is 9.80. The van der Waals surface area contributed by atoms with Crippen LogP contribution in [0.3, 0.4) is 0 Å². The Morgan fingerprint density at radius 1 is 1.29 bits per heavy atom. The predicted octanol–water partition coefficient (Wildman–Crippen LogP) is 2.86. The van der Waals surface area contributed by atoms with Crippen LogP contribution in [0.1, 0.15) is 53.9 Å². The summed E-state index contributed by atoms with van der Waals surface area (Å²) in [5, 5.41) is 13.8. The molecule has 7 nitrogen and oxygen atoms in total. The number of hydrogen-bond donors (Lipinski definition) is 1. The number of nitrogens with zero attached hydrogens (tertiary/aromatic N) is 4. The van der Waals surface area contributed by atoms with E-state index in [1.165, 1.54) is 5.56 Å². The number of fused-ring (bicyclic) bond motifs is 1. The third-order valence-corrected chi connectivity index (χ3v) is 6.91. The van der Waals surface area contributed by atoms with Crippen LogP contribution in [0.5, 0.6) is 0 Å². The molecule has 0 aromatic carbocycles. The minimum atomic E-state index is -0.696. The minimum absolute atomic E-state index is 0.188. The zero-order valence-electron chi connectivity index (χ0n) is 16.1. The lowest BCUT2D eigenvalue weighted by molar-refractivity contribution is -0.143.